The van der Waals surface area contributed by atoms with Crippen LogP contribution in [0.3, 0.4) is 0 Å². The first-order valence-electron chi connectivity index (χ1n) is 8.51. The molecule has 2 amide bonds. The van der Waals surface area contributed by atoms with Crippen molar-refractivity contribution < 1.29 is 14.3 Å². The first-order chi connectivity index (χ1) is 12.5. The molecule has 0 unspecified atom stereocenters. The van der Waals surface area contributed by atoms with Crippen LogP contribution in [-0.2, 0) is 4.79 Å². The Kier molecular flexibility index (Phi) is 7.48. The number of carbonyl (C=O) groups excluding carboxylic acids is 2. The fourth-order valence-electron chi connectivity index (χ4n) is 2.19. The van der Waals surface area contributed by atoms with Gasteiger partial charge in [0.1, 0.15) is 5.75 Å². The molecule has 0 bridgehead atoms. The van der Waals surface area contributed by atoms with Crippen molar-refractivity contribution in [2.24, 2.45) is 5.92 Å². The van der Waals surface area contributed by atoms with Crippen LogP contribution in [0.25, 0.3) is 0 Å². The summed E-state index contributed by atoms with van der Waals surface area (Å²) in [4.78, 5) is 24.3. The number of amides is 2. The summed E-state index contributed by atoms with van der Waals surface area (Å²) in [5.74, 6) is 0.568. The van der Waals surface area contributed by atoms with Crippen LogP contribution in [0.4, 0.5) is 5.69 Å². The first-order valence-corrected chi connectivity index (χ1v) is 8.89. The number of benzene rings is 2. The van der Waals surface area contributed by atoms with Gasteiger partial charge in [0.2, 0.25) is 0 Å². The molecule has 0 aliphatic carbocycles. The summed E-state index contributed by atoms with van der Waals surface area (Å²) in [5.41, 5.74) is 0.822. The molecule has 0 atom stereocenters. The van der Waals surface area contributed by atoms with Crippen LogP contribution in [0.5, 0.6) is 5.75 Å². The van der Waals surface area contributed by atoms with Crippen LogP contribution >= 0.6 is 11.6 Å². The highest BCUT2D eigenvalue weighted by molar-refractivity contribution is 6.33. The highest BCUT2D eigenvalue weighted by Gasteiger charge is 2.11. The number of ether oxygens (including phenoxy) is 1. The van der Waals surface area contributed by atoms with Crippen molar-refractivity contribution in [3.05, 3.63) is 59.1 Å². The lowest BCUT2D eigenvalue weighted by atomic mass is 10.1. The molecule has 0 aromatic heterocycles. The van der Waals surface area contributed by atoms with Crippen molar-refractivity contribution in [1.82, 2.24) is 5.32 Å². The maximum atomic E-state index is 12.2. The number of carbonyl (C=O) groups is 2. The molecule has 0 aliphatic rings. The molecule has 0 aliphatic heterocycles. The van der Waals surface area contributed by atoms with Crippen molar-refractivity contribution in [3.63, 3.8) is 0 Å². The fraction of sp³-hybridized carbons (Fsp3) is 0.300. The molecule has 138 valence electrons. The van der Waals surface area contributed by atoms with Gasteiger partial charge in [-0.25, -0.2) is 0 Å². The minimum atomic E-state index is -0.354. The lowest BCUT2D eigenvalue weighted by Crippen LogP contribution is -2.25. The Labute approximate surface area is 158 Å². The molecule has 2 rings (SSSR count). The molecule has 0 fully saturated rings. The van der Waals surface area contributed by atoms with E-state index in [1.165, 1.54) is 0 Å². The monoisotopic (exact) mass is 374 g/mol. The predicted molar refractivity (Wildman–Crippen MR) is 104 cm³/mol. The second-order valence-electron chi connectivity index (χ2n) is 6.28. The zero-order chi connectivity index (χ0) is 18.9. The third-order valence-electron chi connectivity index (χ3n) is 3.62. The third-order valence-corrected chi connectivity index (χ3v) is 3.95. The van der Waals surface area contributed by atoms with Crippen molar-refractivity contribution in [2.45, 2.75) is 20.3 Å². The Bertz CT molecular complexity index is 748. The zero-order valence-electron chi connectivity index (χ0n) is 14.9. The second-order valence-corrected chi connectivity index (χ2v) is 6.69. The molecule has 2 N–H and O–H groups in total. The van der Waals surface area contributed by atoms with Gasteiger partial charge in [-0.2, -0.15) is 0 Å². The van der Waals surface area contributed by atoms with Crippen LogP contribution in [0, 0.1) is 5.92 Å². The summed E-state index contributed by atoms with van der Waals surface area (Å²) < 4.78 is 5.40. The van der Waals surface area contributed by atoms with Gasteiger partial charge in [-0.15, -0.1) is 0 Å². The molecule has 2 aromatic carbocycles. The highest BCUT2D eigenvalue weighted by Crippen LogP contribution is 2.23. The molecule has 5 nitrogen and oxygen atoms in total. The van der Waals surface area contributed by atoms with Gasteiger partial charge < -0.3 is 15.4 Å². The van der Waals surface area contributed by atoms with E-state index in [-0.39, 0.29) is 18.4 Å². The molecular formula is C20H23ClN2O3. The molecule has 0 radical (unpaired) electrons. The van der Waals surface area contributed by atoms with Crippen molar-refractivity contribution >= 4 is 29.1 Å². The lowest BCUT2D eigenvalue weighted by Gasteiger charge is -2.11. The summed E-state index contributed by atoms with van der Waals surface area (Å²) in [6.45, 7) is 4.65. The van der Waals surface area contributed by atoms with E-state index in [9.17, 15) is 9.59 Å². The smallest absolute Gasteiger partial charge is 0.262 e. The van der Waals surface area contributed by atoms with E-state index in [4.69, 9.17) is 16.3 Å². The summed E-state index contributed by atoms with van der Waals surface area (Å²) in [6.07, 6.45) is 0.903. The van der Waals surface area contributed by atoms with E-state index in [1.807, 2.05) is 18.2 Å². The second kappa shape index (κ2) is 9.82. The van der Waals surface area contributed by atoms with Gasteiger partial charge in [-0.05, 0) is 42.7 Å². The SMILES string of the molecule is CC(C)CCNC(=O)c1ccc(Cl)c(NC(=O)COc2ccccc2)c1. The standard InChI is InChI=1S/C20H23ClN2O3/c1-14(2)10-11-22-20(25)15-8-9-17(21)18(12-15)23-19(24)13-26-16-6-4-3-5-7-16/h3-9,12,14H,10-11,13H2,1-2H3,(H,22,25)(H,23,24). The van der Waals surface area contributed by atoms with Crippen LogP contribution in [0.2, 0.25) is 5.02 Å². The normalized spacial score (nSPS) is 10.5. The molecule has 0 saturated heterocycles. The van der Waals surface area contributed by atoms with Gasteiger partial charge in [0.05, 0.1) is 10.7 Å². The van der Waals surface area contributed by atoms with Gasteiger partial charge in [0.25, 0.3) is 11.8 Å². The van der Waals surface area contributed by atoms with E-state index in [0.29, 0.717) is 34.5 Å². The minimum absolute atomic E-state index is 0.148. The maximum Gasteiger partial charge on any atom is 0.262 e. The third kappa shape index (κ3) is 6.41. The quantitative estimate of drug-likeness (QED) is 0.729. The lowest BCUT2D eigenvalue weighted by molar-refractivity contribution is -0.118. The summed E-state index contributed by atoms with van der Waals surface area (Å²) in [6, 6.07) is 13.8. The number of para-hydroxylation sites is 1. The van der Waals surface area contributed by atoms with Gasteiger partial charge in [0, 0.05) is 12.1 Å². The summed E-state index contributed by atoms with van der Waals surface area (Å²) in [7, 11) is 0. The van der Waals surface area contributed by atoms with E-state index in [1.54, 1.807) is 30.3 Å². The molecule has 6 heteroatoms. The number of hydrogen-bond acceptors (Lipinski definition) is 3. The molecular weight excluding hydrogens is 352 g/mol. The number of nitrogens with one attached hydrogen (secondary N) is 2. The molecule has 26 heavy (non-hydrogen) atoms. The average molecular weight is 375 g/mol. The minimum Gasteiger partial charge on any atom is -0.484 e. The number of rotatable bonds is 8. The zero-order valence-corrected chi connectivity index (χ0v) is 15.7. The Morgan fingerprint density at radius 2 is 1.85 bits per heavy atom. The predicted octanol–water partition coefficient (Wildman–Crippen LogP) is 4.13. The van der Waals surface area contributed by atoms with E-state index >= 15 is 0 Å². The topological polar surface area (TPSA) is 67.4 Å². The van der Waals surface area contributed by atoms with Gasteiger partial charge >= 0.3 is 0 Å². The molecule has 0 heterocycles. The van der Waals surface area contributed by atoms with Crippen LogP contribution < -0.4 is 15.4 Å². The van der Waals surface area contributed by atoms with Crippen LogP contribution in [-0.4, -0.2) is 25.0 Å². The Morgan fingerprint density at radius 3 is 2.54 bits per heavy atom. The van der Waals surface area contributed by atoms with Crippen molar-refractivity contribution in [3.8, 4) is 5.75 Å². The summed E-state index contributed by atoms with van der Waals surface area (Å²) in [5, 5.41) is 5.89. The van der Waals surface area contributed by atoms with Crippen molar-refractivity contribution in [2.75, 3.05) is 18.5 Å². The van der Waals surface area contributed by atoms with Crippen LogP contribution in [0.15, 0.2) is 48.5 Å². The molecule has 2 aromatic rings. The van der Waals surface area contributed by atoms with E-state index in [0.717, 1.165) is 6.42 Å². The Balaban J connectivity index is 1.93. The number of anilines is 1. The molecule has 0 spiro atoms. The van der Waals surface area contributed by atoms with Gasteiger partial charge in [-0.1, -0.05) is 43.6 Å². The molecule has 0 saturated carbocycles. The number of halogens is 1. The Morgan fingerprint density at radius 1 is 1.12 bits per heavy atom. The average Bonchev–Trinajstić information content (AvgIpc) is 2.62. The number of hydrogen-bond donors (Lipinski definition) is 2. The van der Waals surface area contributed by atoms with Gasteiger partial charge in [0.15, 0.2) is 6.61 Å². The van der Waals surface area contributed by atoms with E-state index in [2.05, 4.69) is 24.5 Å². The first kappa shape index (κ1) is 19.8. The highest BCUT2D eigenvalue weighted by atomic mass is 35.5. The summed E-state index contributed by atoms with van der Waals surface area (Å²) >= 11 is 6.12. The van der Waals surface area contributed by atoms with E-state index < -0.39 is 0 Å². The largest absolute Gasteiger partial charge is 0.484 e. The Hall–Kier alpha value is -2.53. The van der Waals surface area contributed by atoms with Gasteiger partial charge in [-0.3, -0.25) is 9.59 Å². The fourth-order valence-corrected chi connectivity index (χ4v) is 2.36. The van der Waals surface area contributed by atoms with Crippen LogP contribution in [0.1, 0.15) is 30.6 Å². The van der Waals surface area contributed by atoms with Crippen molar-refractivity contribution in [1.29, 1.82) is 0 Å². The maximum absolute atomic E-state index is 12.2.